The molecule has 0 unspecified atom stereocenters. The van der Waals surface area contributed by atoms with Gasteiger partial charge in [0.05, 0.1) is 15.4 Å². The molecule has 2 N–H and O–H groups in total. The average molecular weight is 380 g/mol. The molecule has 1 aromatic rings. The van der Waals surface area contributed by atoms with Crippen molar-refractivity contribution in [1.29, 1.82) is 0 Å². The highest BCUT2D eigenvalue weighted by Crippen LogP contribution is 2.29. The van der Waals surface area contributed by atoms with Crippen LogP contribution in [-0.4, -0.2) is 35.1 Å². The van der Waals surface area contributed by atoms with Gasteiger partial charge in [-0.3, -0.25) is 4.79 Å². The molecule has 0 bridgehead atoms. The third-order valence-corrected chi connectivity index (χ3v) is 4.70. The molecule has 21 heavy (non-hydrogen) atoms. The Morgan fingerprint density at radius 2 is 2.00 bits per heavy atom. The number of halogens is 3. The van der Waals surface area contributed by atoms with Crippen molar-refractivity contribution < 1.29 is 19.1 Å². The smallest absolute Gasteiger partial charge is 0.321 e. The number of likely N-dealkylation sites (tertiary alicyclic amines) is 1. The third-order valence-electron chi connectivity index (χ3n) is 3.37. The Kier molecular flexibility index (Phi) is 5.05. The number of nitrogens with one attached hydrogen (secondary N) is 1. The summed E-state index contributed by atoms with van der Waals surface area (Å²) in [5.74, 6) is -1.81. The van der Waals surface area contributed by atoms with Gasteiger partial charge in [-0.05, 0) is 40.9 Å². The molecule has 5 nitrogen and oxygen atoms in total. The number of piperidine rings is 1. The number of carboxylic acid groups (broad SMARTS) is 1. The van der Waals surface area contributed by atoms with E-state index in [2.05, 4.69) is 21.2 Å². The summed E-state index contributed by atoms with van der Waals surface area (Å²) in [6.07, 6.45) is 0.830. The fraction of sp³-hybridized carbons (Fsp3) is 0.385. The van der Waals surface area contributed by atoms with Crippen LogP contribution in [0.1, 0.15) is 12.8 Å². The van der Waals surface area contributed by atoms with E-state index in [0.717, 1.165) is 6.07 Å². The average Bonchev–Trinajstić information content (AvgIpc) is 2.44. The van der Waals surface area contributed by atoms with Crippen molar-refractivity contribution in [2.24, 2.45) is 5.92 Å². The van der Waals surface area contributed by atoms with Gasteiger partial charge in [0.1, 0.15) is 5.82 Å². The Morgan fingerprint density at radius 1 is 1.38 bits per heavy atom. The Labute approximate surface area is 134 Å². The van der Waals surface area contributed by atoms with Crippen molar-refractivity contribution in [3.8, 4) is 0 Å². The summed E-state index contributed by atoms with van der Waals surface area (Å²) >= 11 is 8.82. The number of benzene rings is 1. The Morgan fingerprint density at radius 3 is 2.52 bits per heavy atom. The van der Waals surface area contributed by atoms with Crippen LogP contribution in [0.15, 0.2) is 16.6 Å². The van der Waals surface area contributed by atoms with Crippen LogP contribution in [0.5, 0.6) is 0 Å². The van der Waals surface area contributed by atoms with Crippen LogP contribution in [0.3, 0.4) is 0 Å². The molecule has 114 valence electrons. The first kappa shape index (κ1) is 16.0. The number of rotatable bonds is 2. The molecule has 1 heterocycles. The Hall–Kier alpha value is -1.34. The lowest BCUT2D eigenvalue weighted by atomic mass is 9.97. The van der Waals surface area contributed by atoms with E-state index in [1.54, 1.807) is 0 Å². The van der Waals surface area contributed by atoms with Gasteiger partial charge in [-0.2, -0.15) is 0 Å². The first-order chi connectivity index (χ1) is 9.88. The monoisotopic (exact) mass is 378 g/mol. The van der Waals surface area contributed by atoms with Gasteiger partial charge in [-0.15, -0.1) is 0 Å². The van der Waals surface area contributed by atoms with Crippen LogP contribution in [0, 0.1) is 11.7 Å². The second-order valence-corrected chi connectivity index (χ2v) is 5.98. The highest BCUT2D eigenvalue weighted by atomic mass is 79.9. The van der Waals surface area contributed by atoms with Gasteiger partial charge < -0.3 is 15.3 Å². The molecule has 0 aromatic heterocycles. The predicted molar refractivity (Wildman–Crippen MR) is 80.1 cm³/mol. The first-order valence-corrected chi connectivity index (χ1v) is 7.49. The third kappa shape index (κ3) is 3.85. The number of anilines is 1. The van der Waals surface area contributed by atoms with E-state index in [4.69, 9.17) is 16.7 Å². The molecule has 1 aliphatic rings. The maximum atomic E-state index is 13.5. The number of urea groups is 1. The number of aliphatic carboxylic acids is 1. The predicted octanol–water partition coefficient (Wildman–Crippen LogP) is 3.57. The van der Waals surface area contributed by atoms with E-state index in [0.29, 0.717) is 25.9 Å². The minimum Gasteiger partial charge on any atom is -0.481 e. The molecule has 0 radical (unpaired) electrons. The molecule has 8 heteroatoms. The highest BCUT2D eigenvalue weighted by molar-refractivity contribution is 9.10. The quantitative estimate of drug-likeness (QED) is 0.772. The molecule has 1 aliphatic heterocycles. The minimum atomic E-state index is -0.836. The van der Waals surface area contributed by atoms with Gasteiger partial charge >= 0.3 is 12.0 Å². The van der Waals surface area contributed by atoms with Gasteiger partial charge in [-0.25, -0.2) is 9.18 Å². The number of carbonyl (C=O) groups excluding carboxylic acids is 1. The van der Waals surface area contributed by atoms with E-state index < -0.39 is 23.7 Å². The maximum absolute atomic E-state index is 13.5. The minimum absolute atomic E-state index is 0.143. The number of hydrogen-bond donors (Lipinski definition) is 2. The molecule has 0 saturated carbocycles. The van der Waals surface area contributed by atoms with Crippen LogP contribution >= 0.6 is 27.5 Å². The van der Waals surface area contributed by atoms with Crippen molar-refractivity contribution in [2.45, 2.75) is 12.8 Å². The van der Waals surface area contributed by atoms with E-state index in [-0.39, 0.29) is 15.2 Å². The number of hydrogen-bond acceptors (Lipinski definition) is 2. The first-order valence-electron chi connectivity index (χ1n) is 6.31. The molecule has 0 aliphatic carbocycles. The van der Waals surface area contributed by atoms with Crippen molar-refractivity contribution >= 4 is 45.2 Å². The van der Waals surface area contributed by atoms with Crippen molar-refractivity contribution in [3.63, 3.8) is 0 Å². The molecule has 1 aromatic carbocycles. The van der Waals surface area contributed by atoms with Crippen LogP contribution in [-0.2, 0) is 4.79 Å². The summed E-state index contributed by atoms with van der Waals surface area (Å²) in [4.78, 5) is 24.4. The van der Waals surface area contributed by atoms with Crippen molar-refractivity contribution in [3.05, 3.63) is 27.4 Å². The van der Waals surface area contributed by atoms with Gasteiger partial charge in [0, 0.05) is 18.8 Å². The molecule has 0 spiro atoms. The van der Waals surface area contributed by atoms with E-state index in [1.807, 2.05) is 0 Å². The summed E-state index contributed by atoms with van der Waals surface area (Å²) < 4.78 is 13.7. The second kappa shape index (κ2) is 6.62. The fourth-order valence-corrected chi connectivity index (χ4v) is 2.60. The second-order valence-electron chi connectivity index (χ2n) is 4.78. The zero-order valence-electron chi connectivity index (χ0n) is 10.9. The SMILES string of the molecule is O=C(O)C1CCN(C(=O)Nc2cc(F)c(Br)c(Cl)c2)CC1. The molecule has 1 saturated heterocycles. The summed E-state index contributed by atoms with van der Waals surface area (Å²) in [5.41, 5.74) is 0.256. The zero-order chi connectivity index (χ0) is 15.6. The largest absolute Gasteiger partial charge is 0.481 e. The normalized spacial score (nSPS) is 15.9. The van der Waals surface area contributed by atoms with E-state index >= 15 is 0 Å². The Bertz CT molecular complexity index is 554. The summed E-state index contributed by atoms with van der Waals surface area (Å²) in [6, 6.07) is 2.21. The molecular weight excluding hydrogens is 367 g/mol. The Balaban J connectivity index is 1.98. The number of nitrogens with zero attached hydrogens (tertiary/aromatic N) is 1. The number of carbonyl (C=O) groups is 2. The lowest BCUT2D eigenvalue weighted by Crippen LogP contribution is -2.42. The molecule has 2 amide bonds. The molecule has 0 atom stereocenters. The maximum Gasteiger partial charge on any atom is 0.321 e. The van der Waals surface area contributed by atoms with Gasteiger partial charge in [0.25, 0.3) is 0 Å². The fourth-order valence-electron chi connectivity index (χ4n) is 2.16. The molecule has 2 rings (SSSR count). The lowest BCUT2D eigenvalue weighted by molar-refractivity contribution is -0.143. The summed E-state index contributed by atoms with van der Waals surface area (Å²) in [7, 11) is 0. The highest BCUT2D eigenvalue weighted by Gasteiger charge is 2.27. The lowest BCUT2D eigenvalue weighted by Gasteiger charge is -2.30. The molecular formula is C13H13BrClFN2O3. The van der Waals surface area contributed by atoms with Crippen LogP contribution < -0.4 is 5.32 Å². The van der Waals surface area contributed by atoms with E-state index in [9.17, 15) is 14.0 Å². The number of carboxylic acids is 1. The van der Waals surface area contributed by atoms with Gasteiger partial charge in [0.15, 0.2) is 0 Å². The van der Waals surface area contributed by atoms with Crippen LogP contribution in [0.25, 0.3) is 0 Å². The molecule has 1 fully saturated rings. The van der Waals surface area contributed by atoms with E-state index in [1.165, 1.54) is 11.0 Å². The topological polar surface area (TPSA) is 69.6 Å². The van der Waals surface area contributed by atoms with Gasteiger partial charge in [-0.1, -0.05) is 11.6 Å². The van der Waals surface area contributed by atoms with Crippen molar-refractivity contribution in [1.82, 2.24) is 4.90 Å². The van der Waals surface area contributed by atoms with Gasteiger partial charge in [0.2, 0.25) is 0 Å². The van der Waals surface area contributed by atoms with Crippen LogP contribution in [0.4, 0.5) is 14.9 Å². The van der Waals surface area contributed by atoms with Crippen molar-refractivity contribution in [2.75, 3.05) is 18.4 Å². The summed E-state index contributed by atoms with van der Waals surface area (Å²) in [6.45, 7) is 0.713. The van der Waals surface area contributed by atoms with Crippen LogP contribution in [0.2, 0.25) is 5.02 Å². The standard InChI is InChI=1S/C13H13BrClFN2O3/c14-11-9(15)5-8(6-10(11)16)17-13(21)18-3-1-7(2-4-18)12(19)20/h5-7H,1-4H2,(H,17,21)(H,19,20). The number of amides is 2. The summed E-state index contributed by atoms with van der Waals surface area (Å²) in [5, 5.41) is 11.6. The zero-order valence-corrected chi connectivity index (χ0v) is 13.2.